The van der Waals surface area contributed by atoms with Gasteiger partial charge in [-0.2, -0.15) is 0 Å². The number of hydrogen-bond donors (Lipinski definition) is 1. The molecule has 0 atom stereocenters. The van der Waals surface area contributed by atoms with E-state index in [2.05, 4.69) is 15.5 Å². The van der Waals surface area contributed by atoms with Crippen LogP contribution in [-0.4, -0.2) is 16.0 Å². The highest BCUT2D eigenvalue weighted by atomic mass is 32.1. The second kappa shape index (κ2) is 7.33. The Morgan fingerprint density at radius 3 is 2.42 bits per heavy atom. The van der Waals surface area contributed by atoms with E-state index in [1.165, 1.54) is 11.3 Å². The molecule has 4 rings (SSSR count). The van der Waals surface area contributed by atoms with Gasteiger partial charge in [-0.3, -0.25) is 4.79 Å². The van der Waals surface area contributed by atoms with Crippen LogP contribution in [0.3, 0.4) is 0 Å². The Balaban J connectivity index is 1.40. The first-order valence-corrected chi connectivity index (χ1v) is 8.98. The first-order chi connectivity index (χ1) is 12.8. The van der Waals surface area contributed by atoms with Gasteiger partial charge in [0.1, 0.15) is 5.01 Å². The van der Waals surface area contributed by atoms with E-state index in [0.717, 1.165) is 21.8 Å². The lowest BCUT2D eigenvalue weighted by atomic mass is 10.1. The maximum absolute atomic E-state index is 12.3. The second-order valence-corrected chi connectivity index (χ2v) is 6.56. The summed E-state index contributed by atoms with van der Waals surface area (Å²) in [5.41, 5.74) is 3.10. The van der Waals surface area contributed by atoms with E-state index in [4.69, 9.17) is 4.52 Å². The van der Waals surface area contributed by atoms with Gasteiger partial charge in [-0.15, -0.1) is 11.3 Å². The molecule has 4 aromatic rings. The molecule has 26 heavy (non-hydrogen) atoms. The third kappa shape index (κ3) is 3.55. The standard InChI is InChI=1S/C20H15N3O2S/c24-20(16-11-18(25-23-16)15-9-5-2-6-10-15)21-12-19-22-17(13-26-19)14-7-3-1-4-8-14/h1-11,13H,12H2,(H,21,24). The van der Waals surface area contributed by atoms with Crippen molar-refractivity contribution in [3.05, 3.63) is 82.8 Å². The number of carbonyl (C=O) groups excluding carboxylic acids is 1. The molecular weight excluding hydrogens is 346 g/mol. The molecule has 6 heteroatoms. The molecule has 1 amide bonds. The maximum Gasteiger partial charge on any atom is 0.273 e. The zero-order valence-corrected chi connectivity index (χ0v) is 14.6. The molecule has 0 spiro atoms. The molecule has 128 valence electrons. The van der Waals surface area contributed by atoms with Gasteiger partial charge < -0.3 is 9.84 Å². The van der Waals surface area contributed by atoms with Crippen molar-refractivity contribution in [2.75, 3.05) is 0 Å². The van der Waals surface area contributed by atoms with Gasteiger partial charge in [-0.25, -0.2) is 4.98 Å². The van der Waals surface area contributed by atoms with Crippen LogP contribution >= 0.6 is 11.3 Å². The average Bonchev–Trinajstić information content (AvgIpc) is 3.37. The fourth-order valence-corrected chi connectivity index (χ4v) is 3.24. The Labute approximate surface area is 154 Å². The summed E-state index contributed by atoms with van der Waals surface area (Å²) < 4.78 is 5.26. The molecule has 2 heterocycles. The number of carbonyl (C=O) groups is 1. The van der Waals surface area contributed by atoms with Gasteiger partial charge in [0.15, 0.2) is 11.5 Å². The maximum atomic E-state index is 12.3. The predicted molar refractivity (Wildman–Crippen MR) is 101 cm³/mol. The normalized spacial score (nSPS) is 10.6. The summed E-state index contributed by atoms with van der Waals surface area (Å²) in [4.78, 5) is 16.8. The van der Waals surface area contributed by atoms with Crippen molar-refractivity contribution in [1.29, 1.82) is 0 Å². The van der Waals surface area contributed by atoms with Gasteiger partial charge in [0.05, 0.1) is 12.2 Å². The van der Waals surface area contributed by atoms with Gasteiger partial charge >= 0.3 is 0 Å². The van der Waals surface area contributed by atoms with Gasteiger partial charge in [0, 0.05) is 22.6 Å². The molecule has 0 saturated heterocycles. The minimum absolute atomic E-state index is 0.253. The van der Waals surface area contributed by atoms with Crippen molar-refractivity contribution in [2.45, 2.75) is 6.54 Å². The lowest BCUT2D eigenvalue weighted by Gasteiger charge is -1.99. The van der Waals surface area contributed by atoms with Crippen molar-refractivity contribution < 1.29 is 9.32 Å². The van der Waals surface area contributed by atoms with Crippen molar-refractivity contribution in [3.8, 4) is 22.6 Å². The van der Waals surface area contributed by atoms with Crippen molar-refractivity contribution in [2.24, 2.45) is 0 Å². The molecule has 0 saturated carbocycles. The highest BCUT2D eigenvalue weighted by Gasteiger charge is 2.14. The number of hydrogen-bond acceptors (Lipinski definition) is 5. The van der Waals surface area contributed by atoms with Crippen LogP contribution in [0.15, 0.2) is 76.6 Å². The zero-order valence-electron chi connectivity index (χ0n) is 13.8. The molecule has 0 aliphatic heterocycles. The van der Waals surface area contributed by atoms with Crippen LogP contribution in [0, 0.1) is 0 Å². The molecule has 0 aliphatic carbocycles. The third-order valence-corrected chi connectivity index (χ3v) is 4.67. The fraction of sp³-hybridized carbons (Fsp3) is 0.0500. The average molecular weight is 361 g/mol. The predicted octanol–water partition coefficient (Wildman–Crippen LogP) is 4.40. The van der Waals surface area contributed by atoms with E-state index in [9.17, 15) is 4.79 Å². The Kier molecular flexibility index (Phi) is 4.57. The van der Waals surface area contributed by atoms with Gasteiger partial charge in [-0.1, -0.05) is 65.8 Å². The van der Waals surface area contributed by atoms with E-state index < -0.39 is 0 Å². The molecule has 0 bridgehead atoms. The summed E-state index contributed by atoms with van der Waals surface area (Å²) in [6.45, 7) is 0.351. The summed E-state index contributed by atoms with van der Waals surface area (Å²) >= 11 is 1.51. The van der Waals surface area contributed by atoms with Gasteiger partial charge in [0.25, 0.3) is 5.91 Å². The third-order valence-electron chi connectivity index (χ3n) is 3.82. The van der Waals surface area contributed by atoms with Crippen LogP contribution in [0.5, 0.6) is 0 Å². The van der Waals surface area contributed by atoms with Gasteiger partial charge in [-0.05, 0) is 0 Å². The van der Waals surface area contributed by atoms with Crippen LogP contribution in [0.4, 0.5) is 0 Å². The number of rotatable bonds is 5. The first-order valence-electron chi connectivity index (χ1n) is 8.10. The summed E-state index contributed by atoms with van der Waals surface area (Å²) in [6, 6.07) is 21.1. The van der Waals surface area contributed by atoms with E-state index in [-0.39, 0.29) is 11.6 Å². The second-order valence-electron chi connectivity index (χ2n) is 5.62. The lowest BCUT2D eigenvalue weighted by Crippen LogP contribution is -2.22. The molecule has 5 nitrogen and oxygen atoms in total. The highest BCUT2D eigenvalue weighted by Crippen LogP contribution is 2.22. The number of thiazole rings is 1. The van der Waals surface area contributed by atoms with Crippen molar-refractivity contribution in [3.63, 3.8) is 0 Å². The molecular formula is C20H15N3O2S. The Bertz CT molecular complexity index is 1010. The summed E-state index contributed by atoms with van der Waals surface area (Å²) in [5.74, 6) is 0.281. The zero-order chi connectivity index (χ0) is 17.8. The Morgan fingerprint density at radius 1 is 1.00 bits per heavy atom. The van der Waals surface area contributed by atoms with Crippen LogP contribution < -0.4 is 5.32 Å². The summed E-state index contributed by atoms with van der Waals surface area (Å²) in [5, 5.41) is 9.51. The van der Waals surface area contributed by atoms with E-state index in [0.29, 0.717) is 12.3 Å². The topological polar surface area (TPSA) is 68.0 Å². The fourth-order valence-electron chi connectivity index (χ4n) is 2.50. The van der Waals surface area contributed by atoms with Gasteiger partial charge in [0.2, 0.25) is 0 Å². The number of benzene rings is 2. The molecule has 0 aliphatic rings. The number of nitrogens with zero attached hydrogens (tertiary/aromatic N) is 2. The highest BCUT2D eigenvalue weighted by molar-refractivity contribution is 7.09. The Morgan fingerprint density at radius 2 is 1.69 bits per heavy atom. The molecule has 2 aromatic carbocycles. The monoisotopic (exact) mass is 361 g/mol. The van der Waals surface area contributed by atoms with E-state index in [1.807, 2.05) is 66.0 Å². The molecule has 2 aromatic heterocycles. The minimum atomic E-state index is -0.285. The molecule has 0 radical (unpaired) electrons. The Hall–Kier alpha value is -3.25. The lowest BCUT2D eigenvalue weighted by molar-refractivity contribution is 0.0942. The number of nitrogens with one attached hydrogen (secondary N) is 1. The first kappa shape index (κ1) is 16.2. The van der Waals surface area contributed by atoms with Crippen LogP contribution in [-0.2, 0) is 6.54 Å². The largest absolute Gasteiger partial charge is 0.355 e. The van der Waals surface area contributed by atoms with Crippen molar-refractivity contribution >= 4 is 17.2 Å². The van der Waals surface area contributed by atoms with E-state index >= 15 is 0 Å². The van der Waals surface area contributed by atoms with Crippen molar-refractivity contribution in [1.82, 2.24) is 15.5 Å². The quantitative estimate of drug-likeness (QED) is 0.572. The smallest absolute Gasteiger partial charge is 0.273 e. The minimum Gasteiger partial charge on any atom is -0.355 e. The van der Waals surface area contributed by atoms with Crippen LogP contribution in [0.25, 0.3) is 22.6 Å². The molecule has 1 N–H and O–H groups in total. The molecule has 0 fully saturated rings. The SMILES string of the molecule is O=C(NCc1nc(-c2ccccc2)cs1)c1cc(-c2ccccc2)on1. The van der Waals surface area contributed by atoms with E-state index in [1.54, 1.807) is 6.07 Å². The number of amides is 1. The number of aromatic nitrogens is 2. The van der Waals surface area contributed by atoms with Crippen LogP contribution in [0.2, 0.25) is 0 Å². The summed E-state index contributed by atoms with van der Waals surface area (Å²) in [7, 11) is 0. The van der Waals surface area contributed by atoms with Crippen LogP contribution in [0.1, 0.15) is 15.5 Å². The summed E-state index contributed by atoms with van der Waals surface area (Å²) in [6.07, 6.45) is 0. The molecule has 0 unspecified atom stereocenters.